The van der Waals surface area contributed by atoms with Crippen LogP contribution in [0.15, 0.2) is 18.3 Å². The van der Waals surface area contributed by atoms with E-state index in [9.17, 15) is 13.6 Å². The first kappa shape index (κ1) is 21.6. The zero-order valence-corrected chi connectivity index (χ0v) is 18.7. The van der Waals surface area contributed by atoms with Crippen LogP contribution in [0.3, 0.4) is 0 Å². The van der Waals surface area contributed by atoms with E-state index in [1.165, 1.54) is 0 Å². The van der Waals surface area contributed by atoms with Gasteiger partial charge in [-0.05, 0) is 64.5 Å². The van der Waals surface area contributed by atoms with Crippen LogP contribution in [0.5, 0.6) is 0 Å². The average molecular weight is 433 g/mol. The number of nitrogens with zero attached hydrogens (tertiary/aromatic N) is 3. The van der Waals surface area contributed by atoms with Gasteiger partial charge in [-0.25, -0.2) is 13.6 Å². The van der Waals surface area contributed by atoms with Gasteiger partial charge in [0.25, 0.3) is 0 Å². The predicted octanol–water partition coefficient (Wildman–Crippen LogP) is 4.73. The van der Waals surface area contributed by atoms with Crippen molar-refractivity contribution in [2.45, 2.75) is 52.2 Å². The number of hydrogen-bond donors (Lipinski definition) is 1. The molecule has 8 heteroatoms. The molecule has 2 aromatic rings. The Labute approximate surface area is 181 Å². The molecule has 0 bridgehead atoms. The van der Waals surface area contributed by atoms with Gasteiger partial charge in [-0.3, -0.25) is 4.68 Å². The molecule has 1 amide bonds. The van der Waals surface area contributed by atoms with Crippen LogP contribution in [0.1, 0.15) is 39.3 Å². The van der Waals surface area contributed by atoms with Crippen molar-refractivity contribution in [3.63, 3.8) is 0 Å². The van der Waals surface area contributed by atoms with E-state index in [4.69, 9.17) is 4.74 Å². The summed E-state index contributed by atoms with van der Waals surface area (Å²) in [7, 11) is 1.75. The fourth-order valence-corrected chi connectivity index (χ4v) is 4.85. The summed E-state index contributed by atoms with van der Waals surface area (Å²) in [6.45, 7) is 8.64. The van der Waals surface area contributed by atoms with Crippen LogP contribution in [0, 0.1) is 30.4 Å². The number of hydrogen-bond acceptors (Lipinski definition) is 4. The van der Waals surface area contributed by atoms with E-state index in [0.29, 0.717) is 36.2 Å². The van der Waals surface area contributed by atoms with E-state index in [1.807, 2.05) is 20.8 Å². The van der Waals surface area contributed by atoms with E-state index < -0.39 is 17.2 Å². The molecule has 168 valence electrons. The first-order chi connectivity index (χ1) is 14.5. The van der Waals surface area contributed by atoms with Crippen LogP contribution in [0.4, 0.5) is 19.3 Å². The number of benzene rings is 1. The SMILES string of the molecule is Cc1nn(C)cc1-c1ccc(N[C@@H]2C[C@@H]3CN(C(=O)OC(C)(C)C)C[C@@H]3C2)c(F)c1F. The largest absolute Gasteiger partial charge is 0.444 e. The minimum Gasteiger partial charge on any atom is -0.444 e. The zero-order chi connectivity index (χ0) is 22.5. The van der Waals surface area contributed by atoms with E-state index in [0.717, 1.165) is 12.8 Å². The normalized spacial score (nSPS) is 23.2. The summed E-state index contributed by atoms with van der Waals surface area (Å²) in [4.78, 5) is 14.1. The number of carbonyl (C=O) groups excluding carboxylic acids is 1. The standard InChI is InChI=1S/C23H30F2N4O2/c1-13-18(12-28(5)27-13)17-6-7-19(21(25)20(17)24)26-16-8-14-10-29(11-15(14)9-16)22(30)31-23(2,3)4/h6-7,12,14-16,26H,8-11H2,1-5H3/t14-,15+,16-. The van der Waals surface area contributed by atoms with Crippen molar-refractivity contribution in [1.29, 1.82) is 0 Å². The Morgan fingerprint density at radius 1 is 1.13 bits per heavy atom. The molecule has 1 aromatic heterocycles. The number of fused-ring (bicyclic) bond motifs is 1. The van der Waals surface area contributed by atoms with E-state index in [2.05, 4.69) is 10.4 Å². The van der Waals surface area contributed by atoms with Crippen molar-refractivity contribution >= 4 is 11.8 Å². The maximum Gasteiger partial charge on any atom is 0.410 e. The van der Waals surface area contributed by atoms with Crippen molar-refractivity contribution in [2.24, 2.45) is 18.9 Å². The van der Waals surface area contributed by atoms with Crippen LogP contribution in [-0.2, 0) is 11.8 Å². The number of amides is 1. The molecule has 1 saturated heterocycles. The lowest BCUT2D eigenvalue weighted by molar-refractivity contribution is 0.0280. The highest BCUT2D eigenvalue weighted by molar-refractivity contribution is 5.69. The quantitative estimate of drug-likeness (QED) is 0.762. The summed E-state index contributed by atoms with van der Waals surface area (Å²) in [5.41, 5.74) is 1.12. The molecular formula is C23H30F2N4O2. The highest BCUT2D eigenvalue weighted by Gasteiger charge is 2.43. The Hall–Kier alpha value is -2.64. The first-order valence-electron chi connectivity index (χ1n) is 10.7. The van der Waals surface area contributed by atoms with Gasteiger partial charge in [0.1, 0.15) is 5.60 Å². The molecule has 1 aliphatic carbocycles. The Bertz CT molecular complexity index is 984. The Morgan fingerprint density at radius 3 is 2.32 bits per heavy atom. The number of likely N-dealkylation sites (tertiary alicyclic amines) is 1. The lowest BCUT2D eigenvalue weighted by Gasteiger charge is -2.25. The van der Waals surface area contributed by atoms with Crippen molar-refractivity contribution in [3.8, 4) is 11.1 Å². The molecule has 4 rings (SSSR count). The van der Waals surface area contributed by atoms with Gasteiger partial charge in [-0.15, -0.1) is 0 Å². The summed E-state index contributed by atoms with van der Waals surface area (Å²) in [6, 6.07) is 3.25. The molecule has 3 atom stereocenters. The summed E-state index contributed by atoms with van der Waals surface area (Å²) in [5, 5.41) is 7.40. The Kier molecular flexibility index (Phi) is 5.43. The van der Waals surface area contributed by atoms with Gasteiger partial charge >= 0.3 is 6.09 Å². The molecule has 0 radical (unpaired) electrons. The van der Waals surface area contributed by atoms with Gasteiger partial charge in [0.2, 0.25) is 0 Å². The van der Waals surface area contributed by atoms with E-state index >= 15 is 0 Å². The molecule has 31 heavy (non-hydrogen) atoms. The second kappa shape index (κ2) is 7.80. The molecule has 6 nitrogen and oxygen atoms in total. The molecule has 1 N–H and O–H groups in total. The minimum atomic E-state index is -0.867. The second-order valence-electron chi connectivity index (χ2n) is 9.81. The second-order valence-corrected chi connectivity index (χ2v) is 9.81. The van der Waals surface area contributed by atoms with Gasteiger partial charge in [0, 0.05) is 43.5 Å². The number of carbonyl (C=O) groups is 1. The lowest BCUT2D eigenvalue weighted by atomic mass is 10.0. The number of aryl methyl sites for hydroxylation is 2. The van der Waals surface area contributed by atoms with Crippen molar-refractivity contribution in [3.05, 3.63) is 35.7 Å². The van der Waals surface area contributed by atoms with Crippen LogP contribution in [0.2, 0.25) is 0 Å². The van der Waals surface area contributed by atoms with Gasteiger partial charge in [0.15, 0.2) is 11.6 Å². The molecular weight excluding hydrogens is 402 g/mol. The Morgan fingerprint density at radius 2 is 1.77 bits per heavy atom. The fourth-order valence-electron chi connectivity index (χ4n) is 4.85. The molecule has 0 unspecified atom stereocenters. The number of nitrogens with one attached hydrogen (secondary N) is 1. The average Bonchev–Trinajstić information content (AvgIpc) is 3.30. The number of halogens is 2. The number of aromatic nitrogens is 2. The third kappa shape index (κ3) is 4.38. The van der Waals surface area contributed by atoms with Gasteiger partial charge < -0.3 is 15.0 Å². The fraction of sp³-hybridized carbons (Fsp3) is 0.565. The topological polar surface area (TPSA) is 59.4 Å². The monoisotopic (exact) mass is 432 g/mol. The maximum absolute atomic E-state index is 14.8. The van der Waals surface area contributed by atoms with Crippen LogP contribution in [0.25, 0.3) is 11.1 Å². The molecule has 2 aliphatic rings. The summed E-state index contributed by atoms with van der Waals surface area (Å²) < 4.78 is 36.7. The Balaban J connectivity index is 1.40. The van der Waals surface area contributed by atoms with E-state index in [1.54, 1.807) is 41.9 Å². The summed E-state index contributed by atoms with van der Waals surface area (Å²) in [5.74, 6) is -1.05. The smallest absolute Gasteiger partial charge is 0.410 e. The van der Waals surface area contributed by atoms with Crippen LogP contribution >= 0.6 is 0 Å². The highest BCUT2D eigenvalue weighted by Crippen LogP contribution is 2.40. The molecule has 0 spiro atoms. The van der Waals surface area contributed by atoms with Gasteiger partial charge in [-0.2, -0.15) is 5.10 Å². The van der Waals surface area contributed by atoms with Crippen molar-refractivity contribution in [2.75, 3.05) is 18.4 Å². The van der Waals surface area contributed by atoms with Crippen LogP contribution < -0.4 is 5.32 Å². The lowest BCUT2D eigenvalue weighted by Crippen LogP contribution is -2.36. The number of rotatable bonds is 3. The zero-order valence-electron chi connectivity index (χ0n) is 18.7. The minimum absolute atomic E-state index is 0.0515. The van der Waals surface area contributed by atoms with Crippen molar-refractivity contribution in [1.82, 2.24) is 14.7 Å². The molecule has 1 saturated carbocycles. The maximum atomic E-state index is 14.8. The van der Waals surface area contributed by atoms with Gasteiger partial charge in [0.05, 0.1) is 11.4 Å². The predicted molar refractivity (Wildman–Crippen MR) is 115 cm³/mol. The van der Waals surface area contributed by atoms with Gasteiger partial charge in [-0.1, -0.05) is 0 Å². The molecule has 1 aliphatic heterocycles. The molecule has 2 fully saturated rings. The highest BCUT2D eigenvalue weighted by atomic mass is 19.2. The van der Waals surface area contributed by atoms with E-state index in [-0.39, 0.29) is 23.4 Å². The first-order valence-corrected chi connectivity index (χ1v) is 10.7. The molecule has 2 heterocycles. The number of ether oxygens (including phenoxy) is 1. The third-order valence-corrected chi connectivity index (χ3v) is 6.15. The third-order valence-electron chi connectivity index (χ3n) is 6.15. The van der Waals surface area contributed by atoms with Crippen LogP contribution in [-0.4, -0.2) is 45.5 Å². The van der Waals surface area contributed by atoms with Crippen molar-refractivity contribution < 1.29 is 18.3 Å². The summed E-state index contributed by atoms with van der Waals surface area (Å²) in [6.07, 6.45) is 3.04. The number of anilines is 1. The molecule has 1 aromatic carbocycles. The summed E-state index contributed by atoms with van der Waals surface area (Å²) >= 11 is 0.